The average Bonchev–Trinajstić information content (AvgIpc) is 3.07. The summed E-state index contributed by atoms with van der Waals surface area (Å²) in [6.07, 6.45) is 1.63. The molecule has 0 saturated carbocycles. The minimum Gasteiger partial charge on any atom is -0.334 e. The van der Waals surface area contributed by atoms with Crippen LogP contribution in [0.1, 0.15) is 11.4 Å². The Morgan fingerprint density at radius 3 is 2.92 bits per heavy atom. The van der Waals surface area contributed by atoms with Crippen molar-refractivity contribution in [1.29, 1.82) is 5.26 Å². The molecular formula is C17H13N5O2S. The van der Waals surface area contributed by atoms with Gasteiger partial charge in [-0.05, 0) is 37.3 Å². The van der Waals surface area contributed by atoms with Crippen molar-refractivity contribution in [3.63, 3.8) is 0 Å². The molecule has 2 heterocycles. The highest BCUT2D eigenvalue weighted by molar-refractivity contribution is 7.99. The van der Waals surface area contributed by atoms with E-state index in [1.54, 1.807) is 43.5 Å². The Morgan fingerprint density at radius 1 is 1.36 bits per heavy atom. The maximum Gasteiger partial charge on any atom is 0.259 e. The number of hydrogen-bond donors (Lipinski definition) is 1. The zero-order valence-electron chi connectivity index (χ0n) is 13.3. The number of nitriles is 1. The van der Waals surface area contributed by atoms with Crippen molar-refractivity contribution in [2.45, 2.75) is 11.9 Å². The van der Waals surface area contributed by atoms with Crippen molar-refractivity contribution in [1.82, 2.24) is 15.1 Å². The molecule has 0 spiro atoms. The highest BCUT2D eigenvalue weighted by Gasteiger charge is 2.08. The van der Waals surface area contributed by atoms with Gasteiger partial charge in [0.05, 0.1) is 28.0 Å². The maximum atomic E-state index is 12.0. The van der Waals surface area contributed by atoms with Gasteiger partial charge in [-0.2, -0.15) is 10.2 Å². The van der Waals surface area contributed by atoms with E-state index in [2.05, 4.69) is 20.4 Å². The van der Waals surface area contributed by atoms with Gasteiger partial charge in [-0.15, -0.1) is 0 Å². The van der Waals surface area contributed by atoms with Crippen molar-refractivity contribution in [3.05, 3.63) is 54.0 Å². The predicted molar refractivity (Wildman–Crippen MR) is 92.8 cm³/mol. The van der Waals surface area contributed by atoms with Crippen LogP contribution >= 0.6 is 11.8 Å². The van der Waals surface area contributed by atoms with Crippen LogP contribution in [0.15, 0.2) is 52.1 Å². The van der Waals surface area contributed by atoms with Crippen LogP contribution in [0.4, 0.5) is 5.69 Å². The molecule has 124 valence electrons. The number of rotatable bonds is 5. The number of benzene rings is 1. The van der Waals surface area contributed by atoms with Gasteiger partial charge in [0.2, 0.25) is 5.91 Å². The van der Waals surface area contributed by atoms with Gasteiger partial charge in [-0.1, -0.05) is 23.0 Å². The molecule has 0 saturated heterocycles. The van der Waals surface area contributed by atoms with Crippen LogP contribution in [0.3, 0.4) is 0 Å². The van der Waals surface area contributed by atoms with Crippen molar-refractivity contribution in [3.8, 4) is 17.5 Å². The van der Waals surface area contributed by atoms with E-state index < -0.39 is 0 Å². The number of anilines is 1. The normalized spacial score (nSPS) is 10.2. The first-order valence-electron chi connectivity index (χ1n) is 7.33. The van der Waals surface area contributed by atoms with Crippen LogP contribution in [0, 0.1) is 18.3 Å². The molecule has 0 fully saturated rings. The smallest absolute Gasteiger partial charge is 0.259 e. The van der Waals surface area contributed by atoms with Crippen molar-refractivity contribution >= 4 is 23.4 Å². The molecule has 1 aromatic carbocycles. The standard InChI is InChI=1S/C17H13N5O2S/c1-11-20-17(24-22-11)13-5-6-16(19-9-13)25-10-15(23)21-14-4-2-3-12(7-14)8-18/h2-7,9H,10H2,1H3,(H,21,23). The molecule has 3 aromatic rings. The summed E-state index contributed by atoms with van der Waals surface area (Å²) < 4.78 is 5.08. The molecule has 0 bridgehead atoms. The summed E-state index contributed by atoms with van der Waals surface area (Å²) in [5, 5.41) is 16.1. The number of amides is 1. The van der Waals surface area contributed by atoms with E-state index in [0.29, 0.717) is 28.0 Å². The number of nitrogens with one attached hydrogen (secondary N) is 1. The van der Waals surface area contributed by atoms with E-state index in [-0.39, 0.29) is 11.7 Å². The molecular weight excluding hydrogens is 338 g/mol. The summed E-state index contributed by atoms with van der Waals surface area (Å²) in [7, 11) is 0. The number of thioether (sulfide) groups is 1. The van der Waals surface area contributed by atoms with Gasteiger partial charge in [0.25, 0.3) is 5.89 Å². The summed E-state index contributed by atoms with van der Waals surface area (Å²) in [5.41, 5.74) is 1.82. The second kappa shape index (κ2) is 7.59. The lowest BCUT2D eigenvalue weighted by Crippen LogP contribution is -2.14. The van der Waals surface area contributed by atoms with E-state index in [1.807, 2.05) is 12.1 Å². The zero-order valence-corrected chi connectivity index (χ0v) is 14.1. The second-order valence-electron chi connectivity index (χ2n) is 5.06. The third-order valence-electron chi connectivity index (χ3n) is 3.14. The summed E-state index contributed by atoms with van der Waals surface area (Å²) in [4.78, 5) is 20.4. The number of carbonyl (C=O) groups is 1. The number of aromatic nitrogens is 3. The van der Waals surface area contributed by atoms with Gasteiger partial charge in [0.1, 0.15) is 0 Å². The van der Waals surface area contributed by atoms with Gasteiger partial charge >= 0.3 is 0 Å². The molecule has 7 nitrogen and oxygen atoms in total. The molecule has 2 aromatic heterocycles. The van der Waals surface area contributed by atoms with Gasteiger partial charge in [0, 0.05) is 11.9 Å². The molecule has 0 unspecified atom stereocenters. The van der Waals surface area contributed by atoms with Crippen LogP contribution in [-0.2, 0) is 4.79 Å². The minimum atomic E-state index is -0.168. The summed E-state index contributed by atoms with van der Waals surface area (Å²) >= 11 is 1.31. The summed E-state index contributed by atoms with van der Waals surface area (Å²) in [6.45, 7) is 1.75. The third kappa shape index (κ3) is 4.43. The number of aryl methyl sites for hydroxylation is 1. The average molecular weight is 351 g/mol. The maximum absolute atomic E-state index is 12.0. The van der Waals surface area contributed by atoms with E-state index in [1.165, 1.54) is 11.8 Å². The Morgan fingerprint density at radius 2 is 2.24 bits per heavy atom. The topological polar surface area (TPSA) is 105 Å². The van der Waals surface area contributed by atoms with Gasteiger partial charge in [0.15, 0.2) is 5.82 Å². The first-order valence-corrected chi connectivity index (χ1v) is 8.32. The first-order chi connectivity index (χ1) is 12.1. The van der Waals surface area contributed by atoms with Crippen LogP contribution in [0.2, 0.25) is 0 Å². The number of nitrogens with zero attached hydrogens (tertiary/aromatic N) is 4. The van der Waals surface area contributed by atoms with Gasteiger partial charge < -0.3 is 9.84 Å². The van der Waals surface area contributed by atoms with E-state index in [9.17, 15) is 4.79 Å². The van der Waals surface area contributed by atoms with E-state index in [0.717, 1.165) is 5.56 Å². The van der Waals surface area contributed by atoms with Crippen molar-refractivity contribution < 1.29 is 9.32 Å². The second-order valence-corrected chi connectivity index (χ2v) is 6.06. The predicted octanol–water partition coefficient (Wildman–Crippen LogP) is 3.04. The van der Waals surface area contributed by atoms with Gasteiger partial charge in [-0.3, -0.25) is 4.79 Å². The Bertz CT molecular complexity index is 931. The Labute approximate surface area is 148 Å². The molecule has 8 heteroatoms. The number of pyridine rings is 1. The first kappa shape index (κ1) is 16.7. The highest BCUT2D eigenvalue weighted by atomic mass is 32.2. The molecule has 1 amide bonds. The van der Waals surface area contributed by atoms with Crippen LogP contribution in [-0.4, -0.2) is 26.8 Å². The van der Waals surface area contributed by atoms with Crippen LogP contribution in [0.5, 0.6) is 0 Å². The minimum absolute atomic E-state index is 0.168. The van der Waals surface area contributed by atoms with Gasteiger partial charge in [-0.25, -0.2) is 4.98 Å². The number of hydrogen-bond acceptors (Lipinski definition) is 7. The molecule has 0 atom stereocenters. The van der Waals surface area contributed by atoms with Crippen molar-refractivity contribution in [2.24, 2.45) is 0 Å². The van der Waals surface area contributed by atoms with E-state index in [4.69, 9.17) is 9.78 Å². The Hall–Kier alpha value is -3.18. The molecule has 1 N–H and O–H groups in total. The summed E-state index contributed by atoms with van der Waals surface area (Å²) in [6, 6.07) is 12.4. The van der Waals surface area contributed by atoms with Crippen molar-refractivity contribution in [2.75, 3.05) is 11.1 Å². The lowest BCUT2D eigenvalue weighted by atomic mass is 10.2. The molecule has 0 radical (unpaired) electrons. The molecule has 25 heavy (non-hydrogen) atoms. The lowest BCUT2D eigenvalue weighted by Gasteiger charge is -2.05. The quantitative estimate of drug-likeness (QED) is 0.704. The fraction of sp³-hybridized carbons (Fsp3) is 0.118. The highest BCUT2D eigenvalue weighted by Crippen LogP contribution is 2.21. The molecule has 0 aliphatic rings. The largest absolute Gasteiger partial charge is 0.334 e. The molecule has 0 aliphatic heterocycles. The molecule has 3 rings (SSSR count). The number of carbonyl (C=O) groups excluding carboxylic acids is 1. The summed E-state index contributed by atoms with van der Waals surface area (Å²) in [5.74, 6) is 1.02. The monoisotopic (exact) mass is 351 g/mol. The van der Waals surface area contributed by atoms with E-state index >= 15 is 0 Å². The van der Waals surface area contributed by atoms with Crippen LogP contribution < -0.4 is 5.32 Å². The SMILES string of the molecule is Cc1noc(-c2ccc(SCC(=O)Nc3cccc(C#N)c3)nc2)n1. The third-order valence-corrected chi connectivity index (χ3v) is 4.08. The molecule has 0 aliphatic carbocycles. The fourth-order valence-electron chi connectivity index (χ4n) is 2.01. The zero-order chi connectivity index (χ0) is 17.6. The fourth-order valence-corrected chi connectivity index (χ4v) is 2.65. The lowest BCUT2D eigenvalue weighted by molar-refractivity contribution is -0.113. The van der Waals surface area contributed by atoms with Crippen LogP contribution in [0.25, 0.3) is 11.5 Å². The Balaban J connectivity index is 1.56. The Kier molecular flexibility index (Phi) is 5.06.